The topological polar surface area (TPSA) is 87.0 Å². The second-order valence-corrected chi connectivity index (χ2v) is 8.03. The molecule has 1 rings (SSSR count). The number of unbranched alkanes of at least 4 members (excludes halogenated alkanes) is 2. The van der Waals surface area contributed by atoms with E-state index in [9.17, 15) is 23.8 Å². The van der Waals surface area contributed by atoms with Gasteiger partial charge in [0.1, 0.15) is 6.10 Å². The average molecular weight is 424 g/mol. The SMILES string of the molecule is CCCCC(F)(F)C(O)CC[C@H]1C(OP)CC(O)C1CC=CCCCC(=O)O. The van der Waals surface area contributed by atoms with Crippen LogP contribution in [0.25, 0.3) is 0 Å². The summed E-state index contributed by atoms with van der Waals surface area (Å²) in [5.74, 6) is -4.16. The molecule has 164 valence electrons. The zero-order chi connectivity index (χ0) is 21.2. The highest BCUT2D eigenvalue weighted by Crippen LogP contribution is 2.41. The van der Waals surface area contributed by atoms with E-state index in [1.807, 2.05) is 19.1 Å². The first kappa shape index (κ1) is 25.4. The largest absolute Gasteiger partial charge is 0.481 e. The van der Waals surface area contributed by atoms with Gasteiger partial charge in [0.2, 0.25) is 0 Å². The van der Waals surface area contributed by atoms with E-state index < -0.39 is 24.1 Å². The molecular weight excluding hydrogens is 389 g/mol. The van der Waals surface area contributed by atoms with Crippen molar-refractivity contribution >= 4 is 15.4 Å². The standard InChI is InChI=1S/C20H35F2O5P/c1-2-3-12-20(21,22)18(24)11-10-15-14(16(23)13-17(15)27-28)8-6-4-5-7-9-19(25)26/h4,6,14-18,23-24H,2-3,5,7-13,28H2,1H3,(H,25,26)/t14?,15-,16?,17?,18?/m1/s1. The summed E-state index contributed by atoms with van der Waals surface area (Å²) in [4.78, 5) is 10.5. The van der Waals surface area contributed by atoms with Crippen molar-refractivity contribution in [3.63, 3.8) is 0 Å². The number of carbonyl (C=O) groups is 1. The van der Waals surface area contributed by atoms with E-state index in [0.29, 0.717) is 44.9 Å². The fourth-order valence-electron chi connectivity index (χ4n) is 3.92. The Labute approximate surface area is 168 Å². The van der Waals surface area contributed by atoms with Crippen molar-refractivity contribution in [1.82, 2.24) is 0 Å². The van der Waals surface area contributed by atoms with Gasteiger partial charge in [-0.25, -0.2) is 8.78 Å². The molecule has 1 aliphatic rings. The van der Waals surface area contributed by atoms with Crippen LogP contribution in [-0.4, -0.2) is 45.5 Å². The minimum absolute atomic E-state index is 0.0303. The molecule has 28 heavy (non-hydrogen) atoms. The Balaban J connectivity index is 2.58. The predicted octanol–water partition coefficient (Wildman–Crippen LogP) is 4.33. The minimum Gasteiger partial charge on any atom is -0.481 e. The van der Waals surface area contributed by atoms with E-state index in [2.05, 4.69) is 9.47 Å². The molecule has 5 unspecified atom stereocenters. The lowest BCUT2D eigenvalue weighted by Crippen LogP contribution is -2.34. The molecule has 0 aliphatic heterocycles. The highest BCUT2D eigenvalue weighted by Gasteiger charge is 2.44. The number of halogens is 2. The summed E-state index contributed by atoms with van der Waals surface area (Å²) in [6, 6.07) is 0. The molecule has 0 radical (unpaired) electrons. The number of carboxylic acid groups (broad SMARTS) is 1. The summed E-state index contributed by atoms with van der Waals surface area (Å²) in [6.45, 7) is 1.84. The van der Waals surface area contributed by atoms with E-state index >= 15 is 0 Å². The zero-order valence-corrected chi connectivity index (χ0v) is 17.8. The molecule has 0 bridgehead atoms. The Morgan fingerprint density at radius 3 is 2.64 bits per heavy atom. The number of carboxylic acids is 1. The Kier molecular flexibility index (Phi) is 11.7. The molecule has 0 aromatic rings. The second kappa shape index (κ2) is 12.8. The van der Waals surface area contributed by atoms with Gasteiger partial charge in [0.05, 0.1) is 12.2 Å². The van der Waals surface area contributed by atoms with Crippen LogP contribution in [0.5, 0.6) is 0 Å². The Bertz CT molecular complexity index is 489. The molecule has 0 aromatic carbocycles. The molecule has 1 fully saturated rings. The Morgan fingerprint density at radius 1 is 1.32 bits per heavy atom. The lowest BCUT2D eigenvalue weighted by Gasteiger charge is -2.27. The molecule has 0 aromatic heterocycles. The molecule has 0 spiro atoms. The van der Waals surface area contributed by atoms with Gasteiger partial charge in [-0.05, 0) is 50.4 Å². The number of hydrogen-bond acceptors (Lipinski definition) is 4. The third kappa shape index (κ3) is 8.40. The van der Waals surface area contributed by atoms with Crippen LogP contribution >= 0.6 is 9.47 Å². The number of aliphatic hydroxyl groups excluding tert-OH is 2. The van der Waals surface area contributed by atoms with Crippen molar-refractivity contribution in [3.05, 3.63) is 12.2 Å². The van der Waals surface area contributed by atoms with E-state index in [4.69, 9.17) is 9.63 Å². The summed E-state index contributed by atoms with van der Waals surface area (Å²) < 4.78 is 33.4. The van der Waals surface area contributed by atoms with E-state index in [-0.39, 0.29) is 37.2 Å². The lowest BCUT2D eigenvalue weighted by molar-refractivity contribution is -0.137. The van der Waals surface area contributed by atoms with Crippen LogP contribution in [0.15, 0.2) is 12.2 Å². The van der Waals surface area contributed by atoms with Crippen molar-refractivity contribution in [1.29, 1.82) is 0 Å². The fraction of sp³-hybridized carbons (Fsp3) is 0.850. The van der Waals surface area contributed by atoms with Gasteiger partial charge in [0.15, 0.2) is 0 Å². The van der Waals surface area contributed by atoms with Gasteiger partial charge >= 0.3 is 5.97 Å². The van der Waals surface area contributed by atoms with Gasteiger partial charge in [-0.15, -0.1) is 0 Å². The molecule has 0 saturated heterocycles. The van der Waals surface area contributed by atoms with Crippen LogP contribution in [0.4, 0.5) is 8.78 Å². The first-order chi connectivity index (χ1) is 13.2. The molecule has 8 heteroatoms. The van der Waals surface area contributed by atoms with Crippen LogP contribution in [-0.2, 0) is 9.32 Å². The number of alkyl halides is 2. The van der Waals surface area contributed by atoms with Gasteiger partial charge in [0.25, 0.3) is 5.92 Å². The summed E-state index contributed by atoms with van der Waals surface area (Å²) in [5, 5.41) is 29.0. The normalized spacial score (nSPS) is 26.8. The summed E-state index contributed by atoms with van der Waals surface area (Å²) in [6.07, 6.45) is 4.66. The van der Waals surface area contributed by atoms with Crippen molar-refractivity contribution in [3.8, 4) is 0 Å². The van der Waals surface area contributed by atoms with E-state index in [0.717, 1.165) is 0 Å². The van der Waals surface area contributed by atoms with Gasteiger partial charge in [0, 0.05) is 28.7 Å². The quantitative estimate of drug-likeness (QED) is 0.220. The van der Waals surface area contributed by atoms with Gasteiger partial charge in [-0.1, -0.05) is 25.5 Å². The maximum Gasteiger partial charge on any atom is 0.303 e. The molecule has 0 heterocycles. The third-order valence-electron chi connectivity index (χ3n) is 5.63. The van der Waals surface area contributed by atoms with Crippen molar-refractivity contribution in [2.45, 2.75) is 95.4 Å². The van der Waals surface area contributed by atoms with Crippen LogP contribution in [0.1, 0.15) is 71.1 Å². The Morgan fingerprint density at radius 2 is 2.04 bits per heavy atom. The number of rotatable bonds is 14. The lowest BCUT2D eigenvalue weighted by atomic mass is 9.85. The van der Waals surface area contributed by atoms with Crippen LogP contribution in [0, 0.1) is 11.8 Å². The van der Waals surface area contributed by atoms with Gasteiger partial charge in [-0.3, -0.25) is 4.79 Å². The van der Waals surface area contributed by atoms with Crippen LogP contribution in [0.2, 0.25) is 0 Å². The fourth-order valence-corrected chi connectivity index (χ4v) is 4.23. The minimum atomic E-state index is -3.09. The monoisotopic (exact) mass is 424 g/mol. The maximum atomic E-state index is 14.0. The number of allylic oxidation sites excluding steroid dienone is 2. The first-order valence-corrected chi connectivity index (χ1v) is 10.7. The number of hydrogen-bond donors (Lipinski definition) is 3. The van der Waals surface area contributed by atoms with Crippen LogP contribution < -0.4 is 0 Å². The van der Waals surface area contributed by atoms with Gasteiger partial charge in [-0.2, -0.15) is 0 Å². The van der Waals surface area contributed by atoms with Gasteiger partial charge < -0.3 is 19.8 Å². The van der Waals surface area contributed by atoms with Crippen molar-refractivity contribution in [2.75, 3.05) is 0 Å². The smallest absolute Gasteiger partial charge is 0.303 e. The van der Waals surface area contributed by atoms with E-state index in [1.54, 1.807) is 0 Å². The molecule has 3 N–H and O–H groups in total. The van der Waals surface area contributed by atoms with Crippen molar-refractivity contribution in [2.24, 2.45) is 11.8 Å². The summed E-state index contributed by atoms with van der Waals surface area (Å²) in [5.41, 5.74) is 0. The average Bonchev–Trinajstić information content (AvgIpc) is 2.95. The molecule has 1 saturated carbocycles. The molecule has 6 atom stereocenters. The highest BCUT2D eigenvalue weighted by atomic mass is 31.0. The third-order valence-corrected chi connectivity index (χ3v) is 5.98. The number of aliphatic carboxylic acids is 1. The van der Waals surface area contributed by atoms with E-state index in [1.165, 1.54) is 0 Å². The molecule has 1 aliphatic carbocycles. The molecule has 0 amide bonds. The molecular formula is C20H35F2O5P. The first-order valence-electron chi connectivity index (χ1n) is 10.2. The Hall–Kier alpha value is -0.620. The summed E-state index contributed by atoms with van der Waals surface area (Å²) in [7, 11) is 2.19. The predicted molar refractivity (Wildman–Crippen MR) is 107 cm³/mol. The number of aliphatic hydroxyl groups is 2. The zero-order valence-electron chi connectivity index (χ0n) is 16.6. The van der Waals surface area contributed by atoms with Crippen LogP contribution in [0.3, 0.4) is 0 Å². The van der Waals surface area contributed by atoms with Crippen molar-refractivity contribution < 1.29 is 33.4 Å². The highest BCUT2D eigenvalue weighted by molar-refractivity contribution is 7.09. The second-order valence-electron chi connectivity index (χ2n) is 7.76. The maximum absolute atomic E-state index is 14.0. The molecule has 5 nitrogen and oxygen atoms in total. The summed E-state index contributed by atoms with van der Waals surface area (Å²) >= 11 is 0.